The lowest BCUT2D eigenvalue weighted by Crippen LogP contribution is -2.29. The lowest BCUT2D eigenvalue weighted by atomic mass is 9.92. The summed E-state index contributed by atoms with van der Waals surface area (Å²) in [7, 11) is 0. The maximum Gasteiger partial charge on any atom is 0.0468 e. The lowest BCUT2D eigenvalue weighted by molar-refractivity contribution is 0.0629. The van der Waals surface area contributed by atoms with Gasteiger partial charge in [-0.3, -0.25) is 0 Å². The molecule has 17 heavy (non-hydrogen) atoms. The van der Waals surface area contributed by atoms with Crippen molar-refractivity contribution in [2.24, 2.45) is 5.92 Å². The van der Waals surface area contributed by atoms with Gasteiger partial charge in [0.2, 0.25) is 0 Å². The van der Waals surface area contributed by atoms with Gasteiger partial charge in [0.1, 0.15) is 0 Å². The average Bonchev–Trinajstić information content (AvgIpc) is 2.37. The number of ether oxygens (including phenoxy) is 1. The fourth-order valence-electron chi connectivity index (χ4n) is 2.73. The highest BCUT2D eigenvalue weighted by atomic mass is 16.5. The summed E-state index contributed by atoms with van der Waals surface area (Å²) >= 11 is 0. The van der Waals surface area contributed by atoms with Gasteiger partial charge in [0.05, 0.1) is 0 Å². The van der Waals surface area contributed by atoms with Crippen LogP contribution in [0.25, 0.3) is 0 Å². The number of nitrogens with one attached hydrogen (secondary N) is 1. The summed E-state index contributed by atoms with van der Waals surface area (Å²) in [6.07, 6.45) is 10.7. The van der Waals surface area contributed by atoms with Crippen molar-refractivity contribution < 1.29 is 4.74 Å². The van der Waals surface area contributed by atoms with Gasteiger partial charge < -0.3 is 10.1 Å². The van der Waals surface area contributed by atoms with E-state index < -0.39 is 0 Å². The molecule has 1 rings (SSSR count). The van der Waals surface area contributed by atoms with Gasteiger partial charge in [0, 0.05) is 19.3 Å². The Morgan fingerprint density at radius 3 is 2.53 bits per heavy atom. The molecule has 1 N–H and O–H groups in total. The van der Waals surface area contributed by atoms with Crippen molar-refractivity contribution in [1.29, 1.82) is 0 Å². The molecule has 1 atom stereocenters. The van der Waals surface area contributed by atoms with E-state index in [0.717, 1.165) is 25.2 Å². The van der Waals surface area contributed by atoms with Crippen molar-refractivity contribution in [1.82, 2.24) is 5.32 Å². The van der Waals surface area contributed by atoms with E-state index in [0.29, 0.717) is 0 Å². The molecular formula is C15H31NO. The van der Waals surface area contributed by atoms with E-state index in [1.165, 1.54) is 57.9 Å². The zero-order chi connectivity index (χ0) is 12.3. The highest BCUT2D eigenvalue weighted by Gasteiger charge is 2.14. The van der Waals surface area contributed by atoms with E-state index in [4.69, 9.17) is 4.74 Å². The molecule has 1 aliphatic rings. The van der Waals surface area contributed by atoms with E-state index in [2.05, 4.69) is 19.2 Å². The Hall–Kier alpha value is -0.0800. The van der Waals surface area contributed by atoms with E-state index in [1.54, 1.807) is 0 Å². The van der Waals surface area contributed by atoms with E-state index in [9.17, 15) is 0 Å². The smallest absolute Gasteiger partial charge is 0.0468 e. The molecule has 1 aliphatic heterocycles. The molecule has 1 unspecified atom stereocenters. The zero-order valence-electron chi connectivity index (χ0n) is 11.8. The van der Waals surface area contributed by atoms with E-state index in [1.807, 2.05) is 0 Å². The average molecular weight is 241 g/mol. The molecule has 1 saturated heterocycles. The van der Waals surface area contributed by atoms with Crippen molar-refractivity contribution >= 4 is 0 Å². The fraction of sp³-hybridized carbons (Fsp3) is 1.00. The fourth-order valence-corrected chi connectivity index (χ4v) is 2.73. The van der Waals surface area contributed by atoms with Crippen LogP contribution in [-0.2, 0) is 4.74 Å². The van der Waals surface area contributed by atoms with Gasteiger partial charge in [-0.05, 0) is 44.6 Å². The first-order valence-electron chi connectivity index (χ1n) is 7.68. The Kier molecular flexibility index (Phi) is 8.72. The topological polar surface area (TPSA) is 21.3 Å². The molecule has 0 aromatic carbocycles. The monoisotopic (exact) mass is 241 g/mol. The molecule has 1 heterocycles. The van der Waals surface area contributed by atoms with Crippen LogP contribution >= 0.6 is 0 Å². The summed E-state index contributed by atoms with van der Waals surface area (Å²) in [5.74, 6) is 0.942. The van der Waals surface area contributed by atoms with Crippen LogP contribution < -0.4 is 5.32 Å². The molecule has 0 amide bonds. The Bertz CT molecular complexity index is 166. The number of hydrogen-bond acceptors (Lipinski definition) is 2. The Labute approximate surface area is 108 Å². The van der Waals surface area contributed by atoms with Gasteiger partial charge in [-0.25, -0.2) is 0 Å². The minimum absolute atomic E-state index is 0.764. The SMILES string of the molecule is CCCNC(CCC)CCCC1CCOCC1. The van der Waals surface area contributed by atoms with Gasteiger partial charge in [-0.1, -0.05) is 33.1 Å². The first-order valence-corrected chi connectivity index (χ1v) is 7.68. The maximum absolute atomic E-state index is 5.41. The molecule has 0 bridgehead atoms. The van der Waals surface area contributed by atoms with Crippen LogP contribution in [0.15, 0.2) is 0 Å². The van der Waals surface area contributed by atoms with Crippen LogP contribution in [0.3, 0.4) is 0 Å². The molecule has 102 valence electrons. The van der Waals surface area contributed by atoms with Crippen molar-refractivity contribution in [3.8, 4) is 0 Å². The highest BCUT2D eigenvalue weighted by Crippen LogP contribution is 2.21. The Morgan fingerprint density at radius 2 is 1.88 bits per heavy atom. The van der Waals surface area contributed by atoms with Gasteiger partial charge in [0.15, 0.2) is 0 Å². The summed E-state index contributed by atoms with van der Waals surface area (Å²) in [6, 6.07) is 0.764. The van der Waals surface area contributed by atoms with Crippen LogP contribution in [0.1, 0.15) is 65.2 Å². The predicted octanol–water partition coefficient (Wildman–Crippen LogP) is 3.75. The third-order valence-electron chi connectivity index (χ3n) is 3.83. The second-order valence-electron chi connectivity index (χ2n) is 5.43. The summed E-state index contributed by atoms with van der Waals surface area (Å²) < 4.78 is 5.41. The third kappa shape index (κ3) is 7.05. The van der Waals surface area contributed by atoms with E-state index >= 15 is 0 Å². The van der Waals surface area contributed by atoms with Crippen molar-refractivity contribution in [2.45, 2.75) is 71.3 Å². The van der Waals surface area contributed by atoms with Crippen molar-refractivity contribution in [3.05, 3.63) is 0 Å². The third-order valence-corrected chi connectivity index (χ3v) is 3.83. The molecule has 2 heteroatoms. The predicted molar refractivity (Wildman–Crippen MR) is 74.4 cm³/mol. The van der Waals surface area contributed by atoms with Crippen molar-refractivity contribution in [2.75, 3.05) is 19.8 Å². The minimum Gasteiger partial charge on any atom is -0.381 e. The van der Waals surface area contributed by atoms with Crippen LogP contribution in [0, 0.1) is 5.92 Å². The molecular weight excluding hydrogens is 210 g/mol. The molecule has 2 nitrogen and oxygen atoms in total. The molecule has 0 radical (unpaired) electrons. The van der Waals surface area contributed by atoms with Gasteiger partial charge >= 0.3 is 0 Å². The largest absolute Gasteiger partial charge is 0.381 e. The molecule has 0 saturated carbocycles. The first-order chi connectivity index (χ1) is 8.36. The maximum atomic E-state index is 5.41. The van der Waals surface area contributed by atoms with Gasteiger partial charge in [0.25, 0.3) is 0 Å². The van der Waals surface area contributed by atoms with Crippen LogP contribution in [-0.4, -0.2) is 25.8 Å². The molecule has 0 spiro atoms. The Balaban J connectivity index is 2.07. The first kappa shape index (κ1) is 15.0. The number of rotatable bonds is 9. The summed E-state index contributed by atoms with van der Waals surface area (Å²) in [6.45, 7) is 7.72. The standard InChI is InChI=1S/C15H31NO/c1-3-6-15(16-11-4-2)8-5-7-14-9-12-17-13-10-14/h14-16H,3-13H2,1-2H3. The normalized spacial score (nSPS) is 19.4. The second kappa shape index (κ2) is 9.90. The van der Waals surface area contributed by atoms with Gasteiger partial charge in [-0.2, -0.15) is 0 Å². The summed E-state index contributed by atoms with van der Waals surface area (Å²) in [5, 5.41) is 3.68. The summed E-state index contributed by atoms with van der Waals surface area (Å²) in [5.41, 5.74) is 0. The van der Waals surface area contributed by atoms with Crippen LogP contribution in [0.4, 0.5) is 0 Å². The summed E-state index contributed by atoms with van der Waals surface area (Å²) in [4.78, 5) is 0. The minimum atomic E-state index is 0.764. The number of hydrogen-bond donors (Lipinski definition) is 1. The second-order valence-corrected chi connectivity index (χ2v) is 5.43. The molecule has 0 aliphatic carbocycles. The van der Waals surface area contributed by atoms with Crippen LogP contribution in [0.5, 0.6) is 0 Å². The lowest BCUT2D eigenvalue weighted by Gasteiger charge is -2.23. The highest BCUT2D eigenvalue weighted by molar-refractivity contribution is 4.69. The molecule has 1 fully saturated rings. The molecule has 0 aromatic heterocycles. The zero-order valence-corrected chi connectivity index (χ0v) is 11.8. The van der Waals surface area contributed by atoms with Crippen molar-refractivity contribution in [3.63, 3.8) is 0 Å². The van der Waals surface area contributed by atoms with Crippen LogP contribution in [0.2, 0.25) is 0 Å². The molecule has 0 aromatic rings. The Morgan fingerprint density at radius 1 is 1.12 bits per heavy atom. The quantitative estimate of drug-likeness (QED) is 0.664. The van der Waals surface area contributed by atoms with Gasteiger partial charge in [-0.15, -0.1) is 0 Å². The van der Waals surface area contributed by atoms with E-state index in [-0.39, 0.29) is 0 Å².